The van der Waals surface area contributed by atoms with Crippen molar-refractivity contribution in [2.24, 2.45) is 5.92 Å². The molecule has 1 N–H and O–H groups in total. The minimum absolute atomic E-state index is 0.311. The Balaban J connectivity index is 1.64. The largest absolute Gasteiger partial charge is 0.336 e. The lowest BCUT2D eigenvalue weighted by molar-refractivity contribution is -0.133. The molecule has 2 fully saturated rings. The molecule has 3 heteroatoms. The first kappa shape index (κ1) is 13.6. The predicted molar refractivity (Wildman–Crippen MR) is 80.3 cm³/mol. The number of hydrogen-bond donors (Lipinski definition) is 1. The minimum Gasteiger partial charge on any atom is -0.336 e. The second-order valence-electron chi connectivity index (χ2n) is 6.05. The topological polar surface area (TPSA) is 32.3 Å². The number of rotatable bonds is 3. The van der Waals surface area contributed by atoms with Crippen LogP contribution in [-0.2, 0) is 4.79 Å². The summed E-state index contributed by atoms with van der Waals surface area (Å²) in [6, 6.07) is 10.8. The average Bonchev–Trinajstić information content (AvgIpc) is 2.99. The first-order valence-corrected chi connectivity index (χ1v) is 7.90. The number of carbonyl (C=O) groups excluding carboxylic acids is 1. The molecule has 0 bridgehead atoms. The zero-order chi connectivity index (χ0) is 13.8. The van der Waals surface area contributed by atoms with Gasteiger partial charge in [-0.3, -0.25) is 4.79 Å². The number of piperidine rings is 1. The van der Waals surface area contributed by atoms with Crippen LogP contribution in [0.3, 0.4) is 0 Å². The van der Waals surface area contributed by atoms with Crippen LogP contribution in [0.25, 0.3) is 0 Å². The van der Waals surface area contributed by atoms with E-state index in [1.807, 2.05) is 6.07 Å². The van der Waals surface area contributed by atoms with Crippen LogP contribution in [0.4, 0.5) is 0 Å². The van der Waals surface area contributed by atoms with Crippen molar-refractivity contribution in [3.63, 3.8) is 0 Å². The summed E-state index contributed by atoms with van der Waals surface area (Å²) in [5.74, 6) is 0.948. The molecule has 108 valence electrons. The lowest BCUT2D eigenvalue weighted by atomic mass is 9.93. The summed E-state index contributed by atoms with van der Waals surface area (Å²) in [6.45, 7) is 3.07. The first-order chi connectivity index (χ1) is 9.84. The molecule has 0 aromatic heterocycles. The number of carbonyl (C=O) groups is 1. The smallest absolute Gasteiger partial charge is 0.223 e. The Labute approximate surface area is 121 Å². The van der Waals surface area contributed by atoms with E-state index in [-0.39, 0.29) is 0 Å². The van der Waals surface area contributed by atoms with Crippen molar-refractivity contribution in [1.82, 2.24) is 10.2 Å². The molecule has 0 spiro atoms. The Kier molecular flexibility index (Phi) is 4.36. The quantitative estimate of drug-likeness (QED) is 0.917. The van der Waals surface area contributed by atoms with Crippen LogP contribution in [0.5, 0.6) is 0 Å². The molecule has 2 saturated heterocycles. The highest BCUT2D eigenvalue weighted by Gasteiger charge is 2.31. The Morgan fingerprint density at radius 3 is 2.65 bits per heavy atom. The Morgan fingerprint density at radius 2 is 1.90 bits per heavy atom. The summed E-state index contributed by atoms with van der Waals surface area (Å²) >= 11 is 0. The number of hydrogen-bond acceptors (Lipinski definition) is 2. The highest BCUT2D eigenvalue weighted by atomic mass is 16.2. The number of nitrogens with one attached hydrogen (secondary N) is 1. The van der Waals surface area contributed by atoms with Gasteiger partial charge in [0.1, 0.15) is 0 Å². The summed E-state index contributed by atoms with van der Waals surface area (Å²) in [5.41, 5.74) is 1.30. The molecule has 0 aliphatic carbocycles. The maximum Gasteiger partial charge on any atom is 0.223 e. The molecule has 3 rings (SSSR count). The van der Waals surface area contributed by atoms with Crippen molar-refractivity contribution in [2.45, 2.75) is 38.1 Å². The van der Waals surface area contributed by atoms with E-state index in [1.54, 1.807) is 0 Å². The fraction of sp³-hybridized carbons (Fsp3) is 0.588. The molecule has 20 heavy (non-hydrogen) atoms. The van der Waals surface area contributed by atoms with Crippen molar-refractivity contribution < 1.29 is 4.79 Å². The van der Waals surface area contributed by atoms with E-state index in [2.05, 4.69) is 34.5 Å². The van der Waals surface area contributed by atoms with Gasteiger partial charge >= 0.3 is 0 Å². The van der Waals surface area contributed by atoms with Gasteiger partial charge in [0.15, 0.2) is 0 Å². The van der Waals surface area contributed by atoms with Crippen LogP contribution >= 0.6 is 0 Å². The normalized spacial score (nSPS) is 24.0. The van der Waals surface area contributed by atoms with Gasteiger partial charge in [-0.15, -0.1) is 0 Å². The van der Waals surface area contributed by atoms with E-state index in [0.717, 1.165) is 51.7 Å². The second-order valence-corrected chi connectivity index (χ2v) is 6.05. The monoisotopic (exact) mass is 272 g/mol. The molecular formula is C17H24N2O. The maximum absolute atomic E-state index is 12.6. The SMILES string of the molecule is O=C(CC1CCNCC1)N1CCCC1c1ccccc1. The molecule has 1 aromatic rings. The summed E-state index contributed by atoms with van der Waals surface area (Å²) in [4.78, 5) is 14.7. The summed E-state index contributed by atoms with van der Waals surface area (Å²) in [5, 5.41) is 3.37. The summed E-state index contributed by atoms with van der Waals surface area (Å²) in [7, 11) is 0. The van der Waals surface area contributed by atoms with Gasteiger partial charge in [0, 0.05) is 13.0 Å². The molecule has 2 aliphatic heterocycles. The van der Waals surface area contributed by atoms with Crippen molar-refractivity contribution in [2.75, 3.05) is 19.6 Å². The highest BCUT2D eigenvalue weighted by Crippen LogP contribution is 2.33. The van der Waals surface area contributed by atoms with E-state index in [1.165, 1.54) is 5.56 Å². The van der Waals surface area contributed by atoms with Gasteiger partial charge in [0.25, 0.3) is 0 Å². The Bertz CT molecular complexity index is 440. The van der Waals surface area contributed by atoms with Crippen molar-refractivity contribution in [1.29, 1.82) is 0 Å². The second kappa shape index (κ2) is 6.40. The van der Waals surface area contributed by atoms with Gasteiger partial charge in [-0.2, -0.15) is 0 Å². The molecule has 1 atom stereocenters. The van der Waals surface area contributed by atoms with Crippen LogP contribution < -0.4 is 5.32 Å². The highest BCUT2D eigenvalue weighted by molar-refractivity contribution is 5.77. The van der Waals surface area contributed by atoms with E-state index in [0.29, 0.717) is 17.9 Å². The molecule has 0 radical (unpaired) electrons. The fourth-order valence-corrected chi connectivity index (χ4v) is 3.54. The third-order valence-electron chi connectivity index (χ3n) is 4.68. The molecule has 1 amide bonds. The van der Waals surface area contributed by atoms with Gasteiger partial charge in [0.05, 0.1) is 6.04 Å². The molecule has 2 aliphatic rings. The van der Waals surface area contributed by atoms with Crippen LogP contribution in [0, 0.1) is 5.92 Å². The number of likely N-dealkylation sites (tertiary alicyclic amines) is 1. The molecule has 1 aromatic carbocycles. The van der Waals surface area contributed by atoms with E-state index in [9.17, 15) is 4.79 Å². The van der Waals surface area contributed by atoms with Crippen LogP contribution in [0.2, 0.25) is 0 Å². The van der Waals surface area contributed by atoms with Gasteiger partial charge in [-0.25, -0.2) is 0 Å². The minimum atomic E-state index is 0.311. The molecular weight excluding hydrogens is 248 g/mol. The summed E-state index contributed by atoms with van der Waals surface area (Å²) in [6.07, 6.45) is 5.29. The van der Waals surface area contributed by atoms with Crippen molar-refractivity contribution >= 4 is 5.91 Å². The van der Waals surface area contributed by atoms with Crippen LogP contribution in [0.1, 0.15) is 43.7 Å². The molecule has 2 heterocycles. The van der Waals surface area contributed by atoms with Crippen LogP contribution in [0.15, 0.2) is 30.3 Å². The number of benzene rings is 1. The number of nitrogens with zero attached hydrogens (tertiary/aromatic N) is 1. The number of amides is 1. The third kappa shape index (κ3) is 3.04. The lowest BCUT2D eigenvalue weighted by Gasteiger charge is -2.28. The Morgan fingerprint density at radius 1 is 1.15 bits per heavy atom. The van der Waals surface area contributed by atoms with Crippen molar-refractivity contribution in [3.05, 3.63) is 35.9 Å². The van der Waals surface area contributed by atoms with E-state index < -0.39 is 0 Å². The van der Waals surface area contributed by atoms with Crippen molar-refractivity contribution in [3.8, 4) is 0 Å². The Hall–Kier alpha value is -1.35. The molecule has 1 unspecified atom stereocenters. The van der Waals surface area contributed by atoms with E-state index in [4.69, 9.17) is 0 Å². The predicted octanol–water partition coefficient (Wildman–Crippen LogP) is 2.74. The fourth-order valence-electron chi connectivity index (χ4n) is 3.54. The average molecular weight is 272 g/mol. The lowest BCUT2D eigenvalue weighted by Crippen LogP contribution is -2.35. The molecule has 0 saturated carbocycles. The third-order valence-corrected chi connectivity index (χ3v) is 4.68. The maximum atomic E-state index is 12.6. The zero-order valence-corrected chi connectivity index (χ0v) is 12.1. The standard InChI is InChI=1S/C17H24N2O/c20-17(13-14-8-10-18-11-9-14)19-12-4-7-16(19)15-5-2-1-3-6-15/h1-3,5-6,14,16,18H,4,7-13H2. The van der Waals surface area contributed by atoms with Gasteiger partial charge < -0.3 is 10.2 Å². The zero-order valence-electron chi connectivity index (χ0n) is 12.1. The summed E-state index contributed by atoms with van der Waals surface area (Å²) < 4.78 is 0. The first-order valence-electron chi connectivity index (χ1n) is 7.90. The van der Waals surface area contributed by atoms with Gasteiger partial charge in [0.2, 0.25) is 5.91 Å². The van der Waals surface area contributed by atoms with Gasteiger partial charge in [-0.05, 0) is 50.3 Å². The van der Waals surface area contributed by atoms with Crippen LogP contribution in [-0.4, -0.2) is 30.4 Å². The molecule has 3 nitrogen and oxygen atoms in total. The van der Waals surface area contributed by atoms with Gasteiger partial charge in [-0.1, -0.05) is 30.3 Å². The van der Waals surface area contributed by atoms with E-state index >= 15 is 0 Å².